The Morgan fingerprint density at radius 2 is 2.25 bits per heavy atom. The molecule has 2 aliphatic rings. The van der Waals surface area contributed by atoms with Crippen molar-refractivity contribution in [3.8, 4) is 0 Å². The SMILES string of the molecule is O=C1CN(C(=O)[C@@H]2COCCO2)c2cc(Br)ccc2N1. The van der Waals surface area contributed by atoms with Gasteiger partial charge in [-0.15, -0.1) is 0 Å². The topological polar surface area (TPSA) is 67.9 Å². The second kappa shape index (κ2) is 5.51. The van der Waals surface area contributed by atoms with Gasteiger partial charge in [-0.1, -0.05) is 15.9 Å². The normalized spacial score (nSPS) is 22.1. The summed E-state index contributed by atoms with van der Waals surface area (Å²) in [5.41, 5.74) is 1.28. The van der Waals surface area contributed by atoms with Gasteiger partial charge in [0.25, 0.3) is 5.91 Å². The van der Waals surface area contributed by atoms with E-state index in [1.807, 2.05) is 6.07 Å². The minimum absolute atomic E-state index is 0.0118. The van der Waals surface area contributed by atoms with Gasteiger partial charge in [0.05, 0.1) is 31.2 Å². The van der Waals surface area contributed by atoms with Crippen molar-refractivity contribution in [3.63, 3.8) is 0 Å². The Balaban J connectivity index is 1.91. The van der Waals surface area contributed by atoms with Crippen LogP contribution in [0.3, 0.4) is 0 Å². The minimum atomic E-state index is -0.651. The number of carbonyl (C=O) groups is 2. The van der Waals surface area contributed by atoms with Crippen LogP contribution in [0, 0.1) is 0 Å². The molecule has 0 radical (unpaired) electrons. The molecular formula is C13H13BrN2O4. The molecule has 2 heterocycles. The summed E-state index contributed by atoms with van der Waals surface area (Å²) in [5.74, 6) is -0.469. The summed E-state index contributed by atoms with van der Waals surface area (Å²) in [6.45, 7) is 1.09. The zero-order valence-electron chi connectivity index (χ0n) is 10.6. The molecule has 1 saturated heterocycles. The summed E-state index contributed by atoms with van der Waals surface area (Å²) in [6.07, 6.45) is -0.651. The first-order valence-electron chi connectivity index (χ1n) is 6.25. The number of anilines is 2. The van der Waals surface area contributed by atoms with Gasteiger partial charge < -0.3 is 14.8 Å². The van der Waals surface area contributed by atoms with E-state index in [1.54, 1.807) is 12.1 Å². The first kappa shape index (κ1) is 13.5. The van der Waals surface area contributed by atoms with Crippen LogP contribution in [0.15, 0.2) is 22.7 Å². The highest BCUT2D eigenvalue weighted by atomic mass is 79.9. The number of hydrogen-bond acceptors (Lipinski definition) is 4. The van der Waals surface area contributed by atoms with E-state index in [-0.39, 0.29) is 25.0 Å². The first-order chi connectivity index (χ1) is 9.65. The summed E-state index contributed by atoms with van der Waals surface area (Å²) in [6, 6.07) is 5.37. The van der Waals surface area contributed by atoms with Crippen LogP contribution < -0.4 is 10.2 Å². The molecule has 0 unspecified atom stereocenters. The third kappa shape index (κ3) is 2.56. The third-order valence-corrected chi connectivity index (χ3v) is 3.68. The van der Waals surface area contributed by atoms with E-state index in [0.29, 0.717) is 24.6 Å². The van der Waals surface area contributed by atoms with Crippen molar-refractivity contribution in [2.24, 2.45) is 0 Å². The average molecular weight is 341 g/mol. The molecule has 0 saturated carbocycles. The van der Waals surface area contributed by atoms with Gasteiger partial charge in [0.2, 0.25) is 5.91 Å². The van der Waals surface area contributed by atoms with E-state index in [4.69, 9.17) is 9.47 Å². The summed E-state index contributed by atoms with van der Waals surface area (Å²) >= 11 is 3.37. The van der Waals surface area contributed by atoms with Crippen LogP contribution >= 0.6 is 15.9 Å². The van der Waals surface area contributed by atoms with Crippen molar-refractivity contribution in [2.75, 3.05) is 36.6 Å². The highest BCUT2D eigenvalue weighted by Crippen LogP contribution is 2.33. The predicted molar refractivity (Wildman–Crippen MR) is 75.7 cm³/mol. The Labute approximate surface area is 124 Å². The van der Waals surface area contributed by atoms with Gasteiger partial charge >= 0.3 is 0 Å². The molecule has 0 bridgehead atoms. The summed E-state index contributed by atoms with van der Waals surface area (Å²) in [7, 11) is 0. The fourth-order valence-corrected chi connectivity index (χ4v) is 2.60. The molecule has 1 atom stereocenters. The number of ether oxygens (including phenoxy) is 2. The molecule has 1 N–H and O–H groups in total. The molecule has 2 amide bonds. The van der Waals surface area contributed by atoms with Crippen LogP contribution in [0.1, 0.15) is 0 Å². The Morgan fingerprint density at radius 1 is 1.40 bits per heavy atom. The molecule has 106 valence electrons. The number of benzene rings is 1. The Hall–Kier alpha value is -1.44. The van der Waals surface area contributed by atoms with E-state index in [9.17, 15) is 9.59 Å². The van der Waals surface area contributed by atoms with E-state index in [2.05, 4.69) is 21.2 Å². The molecule has 6 nitrogen and oxygen atoms in total. The Morgan fingerprint density at radius 3 is 3.00 bits per heavy atom. The first-order valence-corrected chi connectivity index (χ1v) is 7.04. The van der Waals surface area contributed by atoms with Crippen LogP contribution in [0.2, 0.25) is 0 Å². The van der Waals surface area contributed by atoms with Gasteiger partial charge in [-0.25, -0.2) is 0 Å². The van der Waals surface area contributed by atoms with Crippen LogP contribution in [0.4, 0.5) is 11.4 Å². The van der Waals surface area contributed by atoms with E-state index < -0.39 is 6.10 Å². The summed E-state index contributed by atoms with van der Waals surface area (Å²) < 4.78 is 11.5. The standard InChI is InChI=1S/C13H13BrN2O4/c14-8-1-2-9-10(5-8)16(6-12(17)15-9)13(18)11-7-19-3-4-20-11/h1-2,5,11H,3-4,6-7H2,(H,15,17)/t11-/m0/s1. The van der Waals surface area contributed by atoms with Crippen molar-refractivity contribution in [2.45, 2.75) is 6.10 Å². The zero-order chi connectivity index (χ0) is 14.1. The second-order valence-corrected chi connectivity index (χ2v) is 5.48. The van der Waals surface area contributed by atoms with Crippen LogP contribution in [0.25, 0.3) is 0 Å². The predicted octanol–water partition coefficient (Wildman–Crippen LogP) is 1.15. The van der Waals surface area contributed by atoms with Crippen LogP contribution in [0.5, 0.6) is 0 Å². The van der Waals surface area contributed by atoms with E-state index in [0.717, 1.165) is 4.47 Å². The number of amides is 2. The molecule has 7 heteroatoms. The number of hydrogen-bond donors (Lipinski definition) is 1. The number of carbonyl (C=O) groups excluding carboxylic acids is 2. The van der Waals surface area contributed by atoms with Crippen LogP contribution in [-0.4, -0.2) is 44.3 Å². The molecule has 1 aromatic carbocycles. The van der Waals surface area contributed by atoms with Crippen molar-refractivity contribution in [1.29, 1.82) is 0 Å². The molecule has 3 rings (SSSR count). The lowest BCUT2D eigenvalue weighted by Crippen LogP contribution is -2.50. The van der Waals surface area contributed by atoms with Crippen molar-refractivity contribution < 1.29 is 19.1 Å². The van der Waals surface area contributed by atoms with Crippen LogP contribution in [-0.2, 0) is 19.1 Å². The van der Waals surface area contributed by atoms with E-state index in [1.165, 1.54) is 4.90 Å². The number of rotatable bonds is 1. The molecule has 2 aliphatic heterocycles. The summed E-state index contributed by atoms with van der Waals surface area (Å²) in [5, 5.41) is 2.75. The lowest BCUT2D eigenvalue weighted by Gasteiger charge is -2.33. The highest BCUT2D eigenvalue weighted by Gasteiger charge is 2.33. The molecule has 0 aromatic heterocycles. The lowest BCUT2D eigenvalue weighted by atomic mass is 10.1. The Kier molecular flexibility index (Phi) is 3.73. The maximum Gasteiger partial charge on any atom is 0.259 e. The lowest BCUT2D eigenvalue weighted by molar-refractivity contribution is -0.145. The van der Waals surface area contributed by atoms with Gasteiger partial charge in [-0.3, -0.25) is 14.5 Å². The van der Waals surface area contributed by atoms with Gasteiger partial charge in [-0.05, 0) is 18.2 Å². The average Bonchev–Trinajstić information content (AvgIpc) is 2.47. The van der Waals surface area contributed by atoms with Crippen molar-refractivity contribution in [1.82, 2.24) is 0 Å². The fraction of sp³-hybridized carbons (Fsp3) is 0.385. The van der Waals surface area contributed by atoms with Gasteiger partial charge in [0.1, 0.15) is 6.54 Å². The molecular weight excluding hydrogens is 328 g/mol. The Bertz CT molecular complexity index is 557. The minimum Gasteiger partial charge on any atom is -0.376 e. The maximum absolute atomic E-state index is 12.5. The molecule has 0 aliphatic carbocycles. The quantitative estimate of drug-likeness (QED) is 0.832. The van der Waals surface area contributed by atoms with Gasteiger partial charge in [0.15, 0.2) is 6.10 Å². The van der Waals surface area contributed by atoms with E-state index >= 15 is 0 Å². The fourth-order valence-electron chi connectivity index (χ4n) is 2.25. The molecule has 1 fully saturated rings. The number of nitrogens with zero attached hydrogens (tertiary/aromatic N) is 1. The summed E-state index contributed by atoms with van der Waals surface area (Å²) in [4.78, 5) is 25.7. The smallest absolute Gasteiger partial charge is 0.259 e. The highest BCUT2D eigenvalue weighted by molar-refractivity contribution is 9.10. The van der Waals surface area contributed by atoms with Crippen molar-refractivity contribution >= 4 is 39.1 Å². The second-order valence-electron chi connectivity index (χ2n) is 4.57. The zero-order valence-corrected chi connectivity index (χ0v) is 12.2. The van der Waals surface area contributed by atoms with Gasteiger partial charge in [0, 0.05) is 4.47 Å². The monoisotopic (exact) mass is 340 g/mol. The largest absolute Gasteiger partial charge is 0.376 e. The molecule has 1 aromatic rings. The molecule has 20 heavy (non-hydrogen) atoms. The maximum atomic E-state index is 12.5. The van der Waals surface area contributed by atoms with Crippen molar-refractivity contribution in [3.05, 3.63) is 22.7 Å². The molecule has 0 spiro atoms. The number of nitrogens with one attached hydrogen (secondary N) is 1. The third-order valence-electron chi connectivity index (χ3n) is 3.18. The van der Waals surface area contributed by atoms with Gasteiger partial charge in [-0.2, -0.15) is 0 Å². The number of fused-ring (bicyclic) bond motifs is 1. The number of halogens is 1.